The lowest BCUT2D eigenvalue weighted by molar-refractivity contribution is -0.127. The van der Waals surface area contributed by atoms with Crippen LogP contribution in [0.1, 0.15) is 92.3 Å². The molecule has 0 unspecified atom stereocenters. The predicted molar refractivity (Wildman–Crippen MR) is 133 cm³/mol. The minimum atomic E-state index is -1.21. The number of fused-ring (bicyclic) bond motifs is 1. The molecule has 1 fully saturated rings. The van der Waals surface area contributed by atoms with Gasteiger partial charge in [-0.15, -0.1) is 0 Å². The first kappa shape index (κ1) is 24.9. The summed E-state index contributed by atoms with van der Waals surface area (Å²) in [5.41, 5.74) is 0.865. The maximum atomic E-state index is 13.9. The summed E-state index contributed by atoms with van der Waals surface area (Å²) in [7, 11) is 0. The van der Waals surface area contributed by atoms with E-state index in [-0.39, 0.29) is 42.4 Å². The molecule has 2 aromatic rings. The lowest BCUT2D eigenvalue weighted by atomic mass is 9.91. The molecule has 0 bridgehead atoms. The Morgan fingerprint density at radius 2 is 1.83 bits per heavy atom. The smallest absolute Gasteiger partial charge is 0.358 e. The van der Waals surface area contributed by atoms with Crippen LogP contribution in [-0.2, 0) is 22.5 Å². The molecule has 8 heteroatoms. The van der Waals surface area contributed by atoms with Crippen LogP contribution in [0.2, 0.25) is 0 Å². The van der Waals surface area contributed by atoms with Crippen LogP contribution in [0.5, 0.6) is 0 Å². The highest BCUT2D eigenvalue weighted by atomic mass is 16.5. The molecule has 1 N–H and O–H groups in total. The molecule has 0 spiro atoms. The summed E-state index contributed by atoms with van der Waals surface area (Å²) in [6.07, 6.45) is 8.51. The van der Waals surface area contributed by atoms with Crippen LogP contribution in [0.15, 0.2) is 30.3 Å². The highest BCUT2D eigenvalue weighted by Crippen LogP contribution is 2.34. The Kier molecular flexibility index (Phi) is 7.57. The zero-order chi connectivity index (χ0) is 25.0. The average molecular weight is 481 g/mol. The van der Waals surface area contributed by atoms with Crippen molar-refractivity contribution in [2.24, 2.45) is 0 Å². The molecule has 1 aliphatic heterocycles. The third-order valence-electron chi connectivity index (χ3n) is 7.14. The Bertz CT molecular complexity index is 1090. The first-order valence-corrected chi connectivity index (χ1v) is 12.9. The number of anilines is 1. The second-order valence-corrected chi connectivity index (χ2v) is 9.75. The number of nitrogens with one attached hydrogen (secondary N) is 1. The standard InChI is InChI=1S/C27H36N4O4/c1-4-19-12-11-15-21(16-19)31-24(32)23-17-22(25(33)35-5-2)29-30(23)18-27(31,3)26(34)28-20-13-9-7-6-8-10-14-20/h11-12,15-17,20H,4-10,13-14,18H2,1-3H3,(H,28,34)/t27-/m0/s1. The third-order valence-corrected chi connectivity index (χ3v) is 7.14. The highest BCUT2D eigenvalue weighted by molar-refractivity contribution is 6.12. The molecule has 2 amide bonds. The van der Waals surface area contributed by atoms with E-state index in [0.717, 1.165) is 37.7 Å². The summed E-state index contributed by atoms with van der Waals surface area (Å²) in [5, 5.41) is 7.61. The lowest BCUT2D eigenvalue weighted by Gasteiger charge is -2.44. The normalized spacial score (nSPS) is 21.1. The van der Waals surface area contributed by atoms with E-state index in [4.69, 9.17) is 4.74 Å². The molecule has 1 aromatic carbocycles. The monoisotopic (exact) mass is 480 g/mol. The number of aromatic nitrogens is 2. The second-order valence-electron chi connectivity index (χ2n) is 9.75. The fourth-order valence-corrected chi connectivity index (χ4v) is 5.15. The van der Waals surface area contributed by atoms with Gasteiger partial charge in [0.2, 0.25) is 5.91 Å². The van der Waals surface area contributed by atoms with Crippen LogP contribution < -0.4 is 10.2 Å². The quantitative estimate of drug-likeness (QED) is 0.623. The van der Waals surface area contributed by atoms with Crippen molar-refractivity contribution in [1.82, 2.24) is 15.1 Å². The number of rotatable bonds is 6. The molecule has 188 valence electrons. The first-order valence-electron chi connectivity index (χ1n) is 12.9. The van der Waals surface area contributed by atoms with Gasteiger partial charge in [0.05, 0.1) is 13.2 Å². The molecule has 1 saturated carbocycles. The van der Waals surface area contributed by atoms with Crippen molar-refractivity contribution in [2.75, 3.05) is 11.5 Å². The van der Waals surface area contributed by atoms with Gasteiger partial charge < -0.3 is 10.1 Å². The van der Waals surface area contributed by atoms with Gasteiger partial charge in [-0.25, -0.2) is 4.79 Å². The SMILES string of the molecule is CCOC(=O)c1cc2n(n1)C[C@@](C)(C(=O)NC1CCCCCCC1)N(c1cccc(CC)c1)C2=O. The van der Waals surface area contributed by atoms with E-state index in [1.165, 1.54) is 30.0 Å². The van der Waals surface area contributed by atoms with Gasteiger partial charge in [0.1, 0.15) is 11.2 Å². The van der Waals surface area contributed by atoms with E-state index in [2.05, 4.69) is 17.3 Å². The Morgan fingerprint density at radius 3 is 2.51 bits per heavy atom. The van der Waals surface area contributed by atoms with Gasteiger partial charge in [0.15, 0.2) is 5.69 Å². The van der Waals surface area contributed by atoms with E-state index in [9.17, 15) is 14.4 Å². The third kappa shape index (κ3) is 5.11. The van der Waals surface area contributed by atoms with Gasteiger partial charge in [-0.2, -0.15) is 5.10 Å². The van der Waals surface area contributed by atoms with Crippen LogP contribution in [0.25, 0.3) is 0 Å². The number of esters is 1. The van der Waals surface area contributed by atoms with Gasteiger partial charge in [0.25, 0.3) is 5.91 Å². The summed E-state index contributed by atoms with van der Waals surface area (Å²) in [4.78, 5) is 41.6. The Morgan fingerprint density at radius 1 is 1.11 bits per heavy atom. The Balaban J connectivity index is 1.72. The molecular formula is C27H36N4O4. The van der Waals surface area contributed by atoms with E-state index < -0.39 is 11.5 Å². The van der Waals surface area contributed by atoms with Crippen LogP contribution in [0.4, 0.5) is 5.69 Å². The number of carbonyl (C=O) groups is 3. The fourth-order valence-electron chi connectivity index (χ4n) is 5.15. The molecule has 8 nitrogen and oxygen atoms in total. The molecule has 2 aliphatic rings. The summed E-state index contributed by atoms with van der Waals surface area (Å²) >= 11 is 0. The number of ether oxygens (including phenoxy) is 1. The van der Waals surface area contributed by atoms with Crippen molar-refractivity contribution < 1.29 is 19.1 Å². The lowest BCUT2D eigenvalue weighted by Crippen LogP contribution is -2.65. The van der Waals surface area contributed by atoms with Gasteiger partial charge in [-0.1, -0.05) is 51.2 Å². The van der Waals surface area contributed by atoms with Gasteiger partial charge in [-0.05, 0) is 50.8 Å². The molecule has 2 heterocycles. The summed E-state index contributed by atoms with van der Waals surface area (Å²) in [6.45, 7) is 5.92. The van der Waals surface area contributed by atoms with Gasteiger partial charge >= 0.3 is 5.97 Å². The molecule has 0 radical (unpaired) electrons. The number of nitrogens with zero attached hydrogens (tertiary/aromatic N) is 3. The van der Waals surface area contributed by atoms with Crippen molar-refractivity contribution in [3.63, 3.8) is 0 Å². The summed E-state index contributed by atoms with van der Waals surface area (Å²) < 4.78 is 6.56. The zero-order valence-corrected chi connectivity index (χ0v) is 21.0. The van der Waals surface area contributed by atoms with Crippen molar-refractivity contribution in [2.45, 2.75) is 90.3 Å². The molecule has 0 saturated heterocycles. The zero-order valence-electron chi connectivity index (χ0n) is 21.0. The van der Waals surface area contributed by atoms with Crippen molar-refractivity contribution in [3.8, 4) is 0 Å². The molecule has 1 aromatic heterocycles. The number of benzene rings is 1. The molecule has 1 atom stereocenters. The number of aryl methyl sites for hydroxylation is 1. The number of carbonyl (C=O) groups excluding carboxylic acids is 3. The molecule has 4 rings (SSSR count). The van der Waals surface area contributed by atoms with E-state index in [1.54, 1.807) is 18.7 Å². The average Bonchev–Trinajstić information content (AvgIpc) is 3.25. The van der Waals surface area contributed by atoms with Gasteiger partial charge in [0, 0.05) is 17.8 Å². The van der Waals surface area contributed by atoms with Crippen LogP contribution in [-0.4, -0.2) is 45.8 Å². The van der Waals surface area contributed by atoms with Crippen LogP contribution in [0, 0.1) is 0 Å². The Hall–Kier alpha value is -3.16. The number of hydrogen-bond donors (Lipinski definition) is 1. The Labute approximate surface area is 207 Å². The maximum absolute atomic E-state index is 13.9. The van der Waals surface area contributed by atoms with Crippen molar-refractivity contribution in [1.29, 1.82) is 0 Å². The summed E-state index contributed by atoms with van der Waals surface area (Å²) in [6, 6.07) is 9.28. The van der Waals surface area contributed by atoms with Crippen LogP contribution in [0.3, 0.4) is 0 Å². The highest BCUT2D eigenvalue weighted by Gasteiger charge is 2.49. The molecule has 1 aliphatic carbocycles. The molecule has 35 heavy (non-hydrogen) atoms. The van der Waals surface area contributed by atoms with E-state index in [0.29, 0.717) is 5.69 Å². The van der Waals surface area contributed by atoms with Crippen molar-refractivity contribution in [3.05, 3.63) is 47.3 Å². The molecular weight excluding hydrogens is 444 g/mol. The topological polar surface area (TPSA) is 93.5 Å². The largest absolute Gasteiger partial charge is 0.461 e. The predicted octanol–water partition coefficient (Wildman–Crippen LogP) is 4.27. The first-order chi connectivity index (χ1) is 16.9. The number of amides is 2. The second kappa shape index (κ2) is 10.6. The summed E-state index contributed by atoms with van der Waals surface area (Å²) in [5.74, 6) is -1.14. The fraction of sp³-hybridized carbons (Fsp3) is 0.556. The van der Waals surface area contributed by atoms with E-state index in [1.807, 2.05) is 24.3 Å². The minimum Gasteiger partial charge on any atom is -0.461 e. The van der Waals surface area contributed by atoms with E-state index >= 15 is 0 Å². The van der Waals surface area contributed by atoms with Crippen molar-refractivity contribution >= 4 is 23.5 Å². The minimum absolute atomic E-state index is 0.0714. The van der Waals surface area contributed by atoms with Gasteiger partial charge in [-0.3, -0.25) is 19.2 Å². The number of hydrogen-bond acceptors (Lipinski definition) is 5. The van der Waals surface area contributed by atoms with Crippen LogP contribution >= 0.6 is 0 Å². The maximum Gasteiger partial charge on any atom is 0.358 e.